The molecular weight excluding hydrogens is 571 g/mol. The first-order valence-corrected chi connectivity index (χ1v) is 14.9. The lowest BCUT2D eigenvalue weighted by Crippen LogP contribution is -2.47. The van der Waals surface area contributed by atoms with Gasteiger partial charge in [0.05, 0.1) is 28.8 Å². The molecular formula is C33H34F3N5O3. The first-order chi connectivity index (χ1) is 21.1. The van der Waals surface area contributed by atoms with E-state index >= 15 is 4.39 Å². The largest absolute Gasteiger partial charge is 0.508 e. The maximum atomic E-state index is 16.9. The van der Waals surface area contributed by atoms with Crippen molar-refractivity contribution in [2.45, 2.75) is 56.3 Å². The highest BCUT2D eigenvalue weighted by atomic mass is 19.1. The van der Waals surface area contributed by atoms with E-state index in [-0.39, 0.29) is 47.3 Å². The lowest BCUT2D eigenvalue weighted by molar-refractivity contribution is 0.107. The summed E-state index contributed by atoms with van der Waals surface area (Å²) in [5.41, 5.74) is -0.501. The van der Waals surface area contributed by atoms with Crippen molar-refractivity contribution >= 4 is 33.6 Å². The van der Waals surface area contributed by atoms with Crippen molar-refractivity contribution < 1.29 is 28.1 Å². The predicted octanol–water partition coefficient (Wildman–Crippen LogP) is 5.56. The van der Waals surface area contributed by atoms with Crippen LogP contribution in [-0.4, -0.2) is 80.7 Å². The van der Waals surface area contributed by atoms with Crippen molar-refractivity contribution in [2.24, 2.45) is 0 Å². The number of aryl methyl sites for hydroxylation is 1. The fourth-order valence-electron chi connectivity index (χ4n) is 7.36. The number of fused-ring (bicyclic) bond motifs is 2. The number of phenolic OH excluding ortho intramolecular Hbond substituents is 1. The smallest absolute Gasteiger partial charge is 0.319 e. The maximum absolute atomic E-state index is 16.9. The Morgan fingerprint density at radius 3 is 2.75 bits per heavy atom. The number of phenols is 1. The molecule has 2 fully saturated rings. The normalized spacial score (nSPS) is 25.0. The highest BCUT2D eigenvalue weighted by molar-refractivity contribution is 6.04. The van der Waals surface area contributed by atoms with Gasteiger partial charge in [-0.2, -0.15) is 9.97 Å². The highest BCUT2D eigenvalue weighted by Crippen LogP contribution is 2.44. The number of nitrogens with zero attached hydrogens (tertiary/aromatic N) is 5. The van der Waals surface area contributed by atoms with E-state index in [1.165, 1.54) is 30.3 Å². The number of likely N-dealkylation sites (N-methyl/N-ethyl adjacent to an activating group) is 1. The van der Waals surface area contributed by atoms with Crippen molar-refractivity contribution in [3.63, 3.8) is 0 Å². The zero-order valence-electron chi connectivity index (χ0n) is 24.7. The molecule has 2 aromatic carbocycles. The summed E-state index contributed by atoms with van der Waals surface area (Å²) >= 11 is 0. The summed E-state index contributed by atoms with van der Waals surface area (Å²) in [7, 11) is 1.78. The van der Waals surface area contributed by atoms with E-state index in [0.29, 0.717) is 53.5 Å². The SMILES string of the molecule is C=Cc1c(F)ccc2cc(O)cc(-c3nc4c5c(nc(OC[C@@]67CCCN6C[C@H](F)C7)nc5c3F)N(C)[C@@](C)(CO)CC4)c12. The van der Waals surface area contributed by atoms with Crippen LogP contribution in [0, 0.1) is 11.6 Å². The predicted molar refractivity (Wildman–Crippen MR) is 163 cm³/mol. The van der Waals surface area contributed by atoms with Crippen molar-refractivity contribution in [1.82, 2.24) is 19.9 Å². The minimum Gasteiger partial charge on any atom is -0.508 e. The maximum Gasteiger partial charge on any atom is 0.319 e. The van der Waals surface area contributed by atoms with Crippen molar-refractivity contribution in [1.29, 1.82) is 0 Å². The fraction of sp³-hybridized carbons (Fsp3) is 0.424. The summed E-state index contributed by atoms with van der Waals surface area (Å²) < 4.78 is 52.4. The number of hydrogen-bond donors (Lipinski definition) is 2. The molecule has 3 aliphatic heterocycles. The molecule has 2 saturated heterocycles. The second-order valence-electron chi connectivity index (χ2n) is 12.6. The molecule has 3 aliphatic rings. The Labute approximate surface area is 252 Å². The van der Waals surface area contributed by atoms with E-state index in [4.69, 9.17) is 14.7 Å². The van der Waals surface area contributed by atoms with Crippen LogP contribution in [0.3, 0.4) is 0 Å². The highest BCUT2D eigenvalue weighted by Gasteiger charge is 2.49. The van der Waals surface area contributed by atoms with Crippen LogP contribution in [0.5, 0.6) is 11.8 Å². The van der Waals surface area contributed by atoms with E-state index in [0.717, 1.165) is 19.4 Å². The quantitative estimate of drug-likeness (QED) is 0.295. The second-order valence-corrected chi connectivity index (χ2v) is 12.6. The van der Waals surface area contributed by atoms with Gasteiger partial charge in [0.2, 0.25) is 0 Å². The lowest BCUT2D eigenvalue weighted by atomic mass is 9.94. The van der Waals surface area contributed by atoms with E-state index < -0.39 is 28.9 Å². The van der Waals surface area contributed by atoms with Crippen LogP contribution in [-0.2, 0) is 6.42 Å². The Hall–Kier alpha value is -3.96. The molecule has 2 N–H and O–H groups in total. The van der Waals surface area contributed by atoms with Gasteiger partial charge >= 0.3 is 6.01 Å². The van der Waals surface area contributed by atoms with Crippen LogP contribution in [0.2, 0.25) is 0 Å². The number of ether oxygens (including phenoxy) is 1. The molecule has 44 heavy (non-hydrogen) atoms. The van der Waals surface area contributed by atoms with Crippen LogP contribution >= 0.6 is 0 Å². The molecule has 0 bridgehead atoms. The average molecular weight is 606 g/mol. The number of rotatable bonds is 6. The van der Waals surface area contributed by atoms with Crippen LogP contribution in [0.15, 0.2) is 30.8 Å². The van der Waals surface area contributed by atoms with Gasteiger partial charge in [-0.3, -0.25) is 4.90 Å². The first-order valence-electron chi connectivity index (χ1n) is 14.9. The standard InChI is InChI=1S/C33H34F3N5O3/c1-4-21-23(35)7-6-18-12-20(43)13-22(25(18)21)28-27(36)29-26-24(37-28)8-10-32(2,16-42)40(3)30(26)39-31(38-29)44-17-33-9-5-11-41(33)15-19(34)14-33/h4,6-7,12-13,19,42-43H,1,5,8-11,14-17H2,2-3H3/t19-,32-,33+/m1/s1. The minimum atomic E-state index is -0.937. The van der Waals surface area contributed by atoms with Gasteiger partial charge in [-0.25, -0.2) is 18.2 Å². The average Bonchev–Trinajstić information content (AvgIpc) is 3.51. The molecule has 0 aliphatic carbocycles. The molecule has 5 heterocycles. The zero-order chi connectivity index (χ0) is 31.0. The monoisotopic (exact) mass is 605 g/mol. The van der Waals surface area contributed by atoms with Crippen LogP contribution in [0.25, 0.3) is 39.0 Å². The molecule has 3 atom stereocenters. The Balaban J connectivity index is 1.45. The lowest BCUT2D eigenvalue weighted by Gasteiger charge is -2.37. The third kappa shape index (κ3) is 4.31. The molecule has 0 amide bonds. The second kappa shape index (κ2) is 10.3. The molecule has 8 nitrogen and oxygen atoms in total. The van der Waals surface area contributed by atoms with Gasteiger partial charge in [-0.15, -0.1) is 0 Å². The Morgan fingerprint density at radius 2 is 1.98 bits per heavy atom. The van der Waals surface area contributed by atoms with Crippen LogP contribution < -0.4 is 9.64 Å². The van der Waals surface area contributed by atoms with Crippen LogP contribution in [0.4, 0.5) is 19.0 Å². The summed E-state index contributed by atoms with van der Waals surface area (Å²) in [6.45, 7) is 6.77. The number of halogens is 3. The van der Waals surface area contributed by atoms with Gasteiger partial charge < -0.3 is 19.8 Å². The summed E-state index contributed by atoms with van der Waals surface area (Å²) in [5.74, 6) is -1.09. The number of benzene rings is 2. The van der Waals surface area contributed by atoms with Crippen molar-refractivity contribution in [2.75, 3.05) is 38.3 Å². The van der Waals surface area contributed by atoms with Gasteiger partial charge in [-0.1, -0.05) is 18.7 Å². The van der Waals surface area contributed by atoms with Gasteiger partial charge in [0, 0.05) is 36.5 Å². The number of aliphatic hydroxyl groups is 1. The number of aliphatic hydroxyl groups excluding tert-OH is 1. The zero-order valence-corrected chi connectivity index (χ0v) is 24.7. The van der Waals surface area contributed by atoms with Crippen molar-refractivity contribution in [3.8, 4) is 23.0 Å². The van der Waals surface area contributed by atoms with E-state index in [1.54, 1.807) is 7.05 Å². The Morgan fingerprint density at radius 1 is 1.16 bits per heavy atom. The third-order valence-electron chi connectivity index (χ3n) is 9.97. The summed E-state index contributed by atoms with van der Waals surface area (Å²) in [5, 5.41) is 22.3. The molecule has 11 heteroatoms. The molecule has 4 aromatic rings. The number of pyridine rings is 1. The molecule has 230 valence electrons. The van der Waals surface area contributed by atoms with Gasteiger partial charge in [0.15, 0.2) is 5.82 Å². The number of aromatic nitrogens is 3. The third-order valence-corrected chi connectivity index (χ3v) is 9.97. The Bertz CT molecular complexity index is 1840. The summed E-state index contributed by atoms with van der Waals surface area (Å²) in [4.78, 5) is 18.0. The fourth-order valence-corrected chi connectivity index (χ4v) is 7.36. The molecule has 0 radical (unpaired) electrons. The van der Waals surface area contributed by atoms with E-state index in [1.807, 2.05) is 11.8 Å². The number of aromatic hydroxyl groups is 1. The molecule has 2 aromatic heterocycles. The topological polar surface area (TPSA) is 94.8 Å². The number of anilines is 1. The summed E-state index contributed by atoms with van der Waals surface area (Å²) in [6, 6.07) is 5.56. The summed E-state index contributed by atoms with van der Waals surface area (Å²) in [6.07, 6.45) is 3.35. The number of alkyl halides is 1. The molecule has 0 unspecified atom stereocenters. The van der Waals surface area contributed by atoms with Crippen LogP contribution in [0.1, 0.15) is 43.9 Å². The van der Waals surface area contributed by atoms with Crippen molar-refractivity contribution in [3.05, 3.63) is 53.7 Å². The minimum absolute atomic E-state index is 0.0392. The van der Waals surface area contributed by atoms with E-state index in [9.17, 15) is 19.0 Å². The molecule has 0 saturated carbocycles. The number of hydrogen-bond acceptors (Lipinski definition) is 8. The van der Waals surface area contributed by atoms with Gasteiger partial charge in [0.25, 0.3) is 0 Å². The van der Waals surface area contributed by atoms with Gasteiger partial charge in [-0.05, 0) is 62.7 Å². The first kappa shape index (κ1) is 28.8. The Kier molecular flexibility index (Phi) is 6.74. The van der Waals surface area contributed by atoms with Gasteiger partial charge in [0.1, 0.15) is 41.4 Å². The van der Waals surface area contributed by atoms with E-state index in [2.05, 4.69) is 16.5 Å². The molecule has 7 rings (SSSR count). The molecule has 0 spiro atoms.